The Kier molecular flexibility index (Phi) is 2.33. The Morgan fingerprint density at radius 1 is 1.40 bits per heavy atom. The van der Waals surface area contributed by atoms with Crippen molar-refractivity contribution in [1.29, 1.82) is 0 Å². The highest BCUT2D eigenvalue weighted by molar-refractivity contribution is 4.98. The van der Waals surface area contributed by atoms with E-state index in [1.165, 1.54) is 38.6 Å². The topological polar surface area (TPSA) is 21.3 Å². The smallest absolute Gasteiger partial charge is 0.0621 e. The van der Waals surface area contributed by atoms with Gasteiger partial charge in [0.25, 0.3) is 0 Å². The molecule has 2 nitrogen and oxygen atoms in total. The van der Waals surface area contributed by atoms with E-state index in [1.54, 1.807) is 0 Å². The van der Waals surface area contributed by atoms with Crippen molar-refractivity contribution in [3.8, 4) is 0 Å². The SMILES string of the molecule is CC(NCC1CC2CCC1O2)C1(C)CC1. The van der Waals surface area contributed by atoms with Crippen molar-refractivity contribution < 1.29 is 4.74 Å². The lowest BCUT2D eigenvalue weighted by Crippen LogP contribution is -2.39. The largest absolute Gasteiger partial charge is 0.375 e. The van der Waals surface area contributed by atoms with Crippen LogP contribution in [0.2, 0.25) is 0 Å². The van der Waals surface area contributed by atoms with Crippen molar-refractivity contribution in [2.24, 2.45) is 11.3 Å². The van der Waals surface area contributed by atoms with Gasteiger partial charge in [0.1, 0.15) is 0 Å². The van der Waals surface area contributed by atoms with E-state index in [4.69, 9.17) is 4.74 Å². The molecule has 1 saturated carbocycles. The minimum Gasteiger partial charge on any atom is -0.375 e. The van der Waals surface area contributed by atoms with Crippen LogP contribution in [-0.4, -0.2) is 24.8 Å². The van der Waals surface area contributed by atoms with Gasteiger partial charge in [-0.15, -0.1) is 0 Å². The highest BCUT2D eigenvalue weighted by Gasteiger charge is 2.44. The standard InChI is InChI=1S/C13H23NO/c1-9(13(2)5-6-13)14-8-10-7-11-3-4-12(10)15-11/h9-12,14H,3-8H2,1-2H3. The molecule has 2 heterocycles. The van der Waals surface area contributed by atoms with E-state index < -0.39 is 0 Å². The number of hydrogen-bond donors (Lipinski definition) is 1. The van der Waals surface area contributed by atoms with Gasteiger partial charge in [-0.3, -0.25) is 0 Å². The number of ether oxygens (including phenoxy) is 1. The summed E-state index contributed by atoms with van der Waals surface area (Å²) in [6.07, 6.45) is 7.94. The lowest BCUT2D eigenvalue weighted by atomic mass is 9.88. The van der Waals surface area contributed by atoms with Crippen molar-refractivity contribution in [2.75, 3.05) is 6.54 Å². The van der Waals surface area contributed by atoms with E-state index in [-0.39, 0.29) is 0 Å². The molecule has 3 aliphatic rings. The minimum absolute atomic E-state index is 0.585. The van der Waals surface area contributed by atoms with Crippen LogP contribution in [0.5, 0.6) is 0 Å². The average Bonchev–Trinajstić information content (AvgIpc) is 2.72. The maximum absolute atomic E-state index is 5.88. The van der Waals surface area contributed by atoms with Crippen LogP contribution in [0.3, 0.4) is 0 Å². The molecule has 3 fully saturated rings. The van der Waals surface area contributed by atoms with E-state index in [1.807, 2.05) is 0 Å². The van der Waals surface area contributed by atoms with Gasteiger partial charge in [0.2, 0.25) is 0 Å². The van der Waals surface area contributed by atoms with Crippen LogP contribution in [-0.2, 0) is 4.74 Å². The molecule has 2 heteroatoms. The summed E-state index contributed by atoms with van der Waals surface area (Å²) in [7, 11) is 0. The summed E-state index contributed by atoms with van der Waals surface area (Å²) < 4.78 is 5.88. The van der Waals surface area contributed by atoms with Crippen LogP contribution in [0.4, 0.5) is 0 Å². The van der Waals surface area contributed by atoms with Gasteiger partial charge in [-0.05, 0) is 44.4 Å². The van der Waals surface area contributed by atoms with Crippen LogP contribution in [0, 0.1) is 11.3 Å². The zero-order valence-corrected chi connectivity index (χ0v) is 9.96. The van der Waals surface area contributed by atoms with E-state index >= 15 is 0 Å². The highest BCUT2D eigenvalue weighted by Crippen LogP contribution is 2.48. The van der Waals surface area contributed by atoms with E-state index in [0.717, 1.165) is 5.92 Å². The zero-order valence-electron chi connectivity index (χ0n) is 9.96. The molecule has 1 N–H and O–H groups in total. The molecule has 4 unspecified atom stereocenters. The second kappa shape index (κ2) is 3.46. The Bertz CT molecular complexity index is 249. The fourth-order valence-electron chi connectivity index (χ4n) is 3.16. The number of fused-ring (bicyclic) bond motifs is 2. The molecule has 0 amide bonds. The summed E-state index contributed by atoms with van der Waals surface area (Å²) in [5.74, 6) is 0.800. The molecule has 0 aromatic rings. The predicted octanol–water partition coefficient (Wildman–Crippen LogP) is 2.33. The van der Waals surface area contributed by atoms with Gasteiger partial charge in [0.15, 0.2) is 0 Å². The first-order chi connectivity index (χ1) is 7.17. The maximum Gasteiger partial charge on any atom is 0.0621 e. The zero-order chi connectivity index (χ0) is 10.5. The van der Waals surface area contributed by atoms with Gasteiger partial charge >= 0.3 is 0 Å². The van der Waals surface area contributed by atoms with Crippen molar-refractivity contribution in [1.82, 2.24) is 5.32 Å². The molecule has 15 heavy (non-hydrogen) atoms. The number of rotatable bonds is 4. The van der Waals surface area contributed by atoms with Crippen LogP contribution in [0.1, 0.15) is 46.0 Å². The molecule has 0 radical (unpaired) electrons. The van der Waals surface area contributed by atoms with Crippen molar-refractivity contribution in [3.63, 3.8) is 0 Å². The summed E-state index contributed by atoms with van der Waals surface area (Å²) in [4.78, 5) is 0. The van der Waals surface area contributed by atoms with Crippen LogP contribution in [0.15, 0.2) is 0 Å². The average molecular weight is 209 g/mol. The second-order valence-electron chi connectivity index (χ2n) is 6.15. The lowest BCUT2D eigenvalue weighted by Gasteiger charge is -2.25. The van der Waals surface area contributed by atoms with Gasteiger partial charge in [0, 0.05) is 18.5 Å². The molecular formula is C13H23NO. The third-order valence-electron chi connectivity index (χ3n) is 5.00. The van der Waals surface area contributed by atoms with Crippen LogP contribution in [0.25, 0.3) is 0 Å². The first kappa shape index (κ1) is 10.1. The highest BCUT2D eigenvalue weighted by atomic mass is 16.5. The molecule has 86 valence electrons. The Morgan fingerprint density at radius 2 is 2.20 bits per heavy atom. The second-order valence-corrected chi connectivity index (χ2v) is 6.15. The quantitative estimate of drug-likeness (QED) is 0.767. The third-order valence-corrected chi connectivity index (χ3v) is 5.00. The van der Waals surface area contributed by atoms with Gasteiger partial charge in [-0.1, -0.05) is 6.92 Å². The molecule has 2 bridgehead atoms. The van der Waals surface area contributed by atoms with Crippen molar-refractivity contribution >= 4 is 0 Å². The molecular weight excluding hydrogens is 186 g/mol. The Hall–Kier alpha value is -0.0800. The first-order valence-electron chi connectivity index (χ1n) is 6.56. The van der Waals surface area contributed by atoms with Gasteiger partial charge < -0.3 is 10.1 Å². The Balaban J connectivity index is 1.46. The van der Waals surface area contributed by atoms with Crippen molar-refractivity contribution in [2.45, 2.75) is 64.2 Å². The predicted molar refractivity (Wildman–Crippen MR) is 60.8 cm³/mol. The van der Waals surface area contributed by atoms with E-state index in [2.05, 4.69) is 19.2 Å². The van der Waals surface area contributed by atoms with Gasteiger partial charge in [-0.25, -0.2) is 0 Å². The maximum atomic E-state index is 5.88. The summed E-state index contributed by atoms with van der Waals surface area (Å²) >= 11 is 0. The van der Waals surface area contributed by atoms with Gasteiger partial charge in [-0.2, -0.15) is 0 Å². The molecule has 3 rings (SSSR count). The summed E-state index contributed by atoms with van der Waals surface area (Å²) in [6.45, 7) is 5.93. The number of nitrogens with one attached hydrogen (secondary N) is 1. The monoisotopic (exact) mass is 209 g/mol. The Morgan fingerprint density at radius 3 is 2.73 bits per heavy atom. The molecule has 2 aliphatic heterocycles. The minimum atomic E-state index is 0.585. The summed E-state index contributed by atoms with van der Waals surface area (Å²) in [6, 6.07) is 0.691. The van der Waals surface area contributed by atoms with E-state index in [9.17, 15) is 0 Å². The third kappa shape index (κ3) is 1.83. The summed E-state index contributed by atoms with van der Waals surface area (Å²) in [5.41, 5.74) is 0.610. The first-order valence-corrected chi connectivity index (χ1v) is 6.56. The number of hydrogen-bond acceptors (Lipinski definition) is 2. The van der Waals surface area contributed by atoms with Crippen LogP contribution >= 0.6 is 0 Å². The molecule has 0 aromatic carbocycles. The fraction of sp³-hybridized carbons (Fsp3) is 1.00. The normalized spacial score (nSPS) is 43.2. The molecule has 0 aromatic heterocycles. The van der Waals surface area contributed by atoms with Gasteiger partial charge in [0.05, 0.1) is 12.2 Å². The van der Waals surface area contributed by atoms with Crippen LogP contribution < -0.4 is 5.32 Å². The fourth-order valence-corrected chi connectivity index (χ4v) is 3.16. The molecule has 0 spiro atoms. The molecule has 2 saturated heterocycles. The van der Waals surface area contributed by atoms with Crippen molar-refractivity contribution in [3.05, 3.63) is 0 Å². The Labute approximate surface area is 92.8 Å². The lowest BCUT2D eigenvalue weighted by molar-refractivity contribution is 0.0916. The summed E-state index contributed by atoms with van der Waals surface area (Å²) in [5, 5.41) is 3.73. The molecule has 1 aliphatic carbocycles. The molecule has 4 atom stereocenters. The van der Waals surface area contributed by atoms with E-state index in [0.29, 0.717) is 23.7 Å².